The largest absolute Gasteiger partial charge is 0.404 e. The number of hydrogen-bond acceptors (Lipinski definition) is 5. The first kappa shape index (κ1) is 13.7. The monoisotopic (exact) mass is 295 g/mol. The van der Waals surface area contributed by atoms with Crippen LogP contribution in [0.3, 0.4) is 0 Å². The highest BCUT2D eigenvalue weighted by molar-refractivity contribution is 6.41. The summed E-state index contributed by atoms with van der Waals surface area (Å²) in [5.41, 5.74) is 0.379. The smallest absolute Gasteiger partial charge is 0.321 e. The molecule has 0 radical (unpaired) electrons. The van der Waals surface area contributed by atoms with Crippen molar-refractivity contribution < 1.29 is 24.0 Å². The second-order valence-electron chi connectivity index (χ2n) is 4.52. The summed E-state index contributed by atoms with van der Waals surface area (Å²) < 4.78 is 0. The first-order chi connectivity index (χ1) is 10.6. The number of Topliss-reactive ketones (excluding diaryl/α,β-unsaturated/α-hetero) is 1. The van der Waals surface area contributed by atoms with E-state index in [-0.39, 0.29) is 16.7 Å². The third-order valence-electron chi connectivity index (χ3n) is 3.15. The van der Waals surface area contributed by atoms with Crippen molar-refractivity contribution in [3.05, 3.63) is 71.3 Å². The third kappa shape index (κ3) is 2.16. The van der Waals surface area contributed by atoms with Crippen LogP contribution >= 0.6 is 0 Å². The summed E-state index contributed by atoms with van der Waals surface area (Å²) >= 11 is 0. The van der Waals surface area contributed by atoms with Crippen LogP contribution in [-0.2, 0) is 9.63 Å². The van der Waals surface area contributed by atoms with Crippen LogP contribution in [0.25, 0.3) is 0 Å². The Balaban J connectivity index is 1.80. The van der Waals surface area contributed by atoms with E-state index < -0.39 is 23.6 Å². The molecule has 6 heteroatoms. The Morgan fingerprint density at radius 1 is 0.773 bits per heavy atom. The molecule has 108 valence electrons. The molecule has 1 heterocycles. The summed E-state index contributed by atoms with van der Waals surface area (Å²) in [7, 11) is 0. The van der Waals surface area contributed by atoms with Crippen LogP contribution in [0.15, 0.2) is 54.6 Å². The van der Waals surface area contributed by atoms with Gasteiger partial charge in [0.05, 0.1) is 11.1 Å². The van der Waals surface area contributed by atoms with E-state index in [1.165, 1.54) is 24.3 Å². The summed E-state index contributed by atoms with van der Waals surface area (Å²) in [5, 5.41) is 0.313. The Labute approximate surface area is 124 Å². The zero-order chi connectivity index (χ0) is 15.7. The van der Waals surface area contributed by atoms with Crippen molar-refractivity contribution in [2.45, 2.75) is 0 Å². The van der Waals surface area contributed by atoms with Gasteiger partial charge in [-0.3, -0.25) is 14.4 Å². The number of imide groups is 1. The molecule has 1 aliphatic rings. The van der Waals surface area contributed by atoms with Gasteiger partial charge >= 0.3 is 5.97 Å². The van der Waals surface area contributed by atoms with E-state index >= 15 is 0 Å². The van der Waals surface area contributed by atoms with Gasteiger partial charge in [-0.2, -0.15) is 0 Å². The number of hydroxylamine groups is 2. The lowest BCUT2D eigenvalue weighted by molar-refractivity contribution is -0.162. The van der Waals surface area contributed by atoms with E-state index in [2.05, 4.69) is 4.84 Å². The number of fused-ring (bicyclic) bond motifs is 1. The Kier molecular flexibility index (Phi) is 3.27. The van der Waals surface area contributed by atoms with Gasteiger partial charge in [-0.1, -0.05) is 47.5 Å². The number of rotatable bonds is 3. The summed E-state index contributed by atoms with van der Waals surface area (Å²) in [5.74, 6) is -3.76. The van der Waals surface area contributed by atoms with E-state index in [0.29, 0.717) is 5.06 Å². The number of ketones is 1. The van der Waals surface area contributed by atoms with Crippen LogP contribution in [0.4, 0.5) is 0 Å². The van der Waals surface area contributed by atoms with Crippen molar-refractivity contribution in [2.75, 3.05) is 0 Å². The highest BCUT2D eigenvalue weighted by Gasteiger charge is 2.39. The van der Waals surface area contributed by atoms with Gasteiger partial charge < -0.3 is 4.84 Å². The minimum absolute atomic E-state index is 0.115. The predicted molar refractivity (Wildman–Crippen MR) is 73.8 cm³/mol. The van der Waals surface area contributed by atoms with Gasteiger partial charge in [0.1, 0.15) is 0 Å². The molecule has 1 aliphatic heterocycles. The van der Waals surface area contributed by atoms with E-state index in [0.717, 1.165) is 0 Å². The Bertz CT molecular complexity index is 762. The molecule has 0 fully saturated rings. The first-order valence-electron chi connectivity index (χ1n) is 6.39. The summed E-state index contributed by atoms with van der Waals surface area (Å²) in [6.07, 6.45) is 0. The molecule has 0 aromatic heterocycles. The second kappa shape index (κ2) is 5.25. The average molecular weight is 295 g/mol. The van der Waals surface area contributed by atoms with Crippen LogP contribution in [0, 0.1) is 0 Å². The summed E-state index contributed by atoms with van der Waals surface area (Å²) in [6, 6.07) is 13.8. The topological polar surface area (TPSA) is 80.8 Å². The van der Waals surface area contributed by atoms with Gasteiger partial charge in [-0.05, 0) is 12.1 Å². The predicted octanol–water partition coefficient (Wildman–Crippen LogP) is 1.62. The van der Waals surface area contributed by atoms with Crippen molar-refractivity contribution in [3.8, 4) is 0 Å². The zero-order valence-corrected chi connectivity index (χ0v) is 11.2. The van der Waals surface area contributed by atoms with Gasteiger partial charge in [-0.15, -0.1) is 0 Å². The minimum Gasteiger partial charge on any atom is -0.321 e. The highest BCUT2D eigenvalue weighted by Crippen LogP contribution is 2.22. The molecule has 0 saturated carbocycles. The van der Waals surface area contributed by atoms with Gasteiger partial charge in [0.25, 0.3) is 17.6 Å². The summed E-state index contributed by atoms with van der Waals surface area (Å²) in [6.45, 7) is 0. The van der Waals surface area contributed by atoms with E-state index in [9.17, 15) is 19.2 Å². The van der Waals surface area contributed by atoms with Crippen LogP contribution in [0.1, 0.15) is 31.1 Å². The fraction of sp³-hybridized carbons (Fsp3) is 0. The molecule has 0 spiro atoms. The van der Waals surface area contributed by atoms with E-state index in [4.69, 9.17) is 0 Å². The van der Waals surface area contributed by atoms with E-state index in [1.54, 1.807) is 30.3 Å². The summed E-state index contributed by atoms with van der Waals surface area (Å²) in [4.78, 5) is 52.4. The molecular weight excluding hydrogens is 286 g/mol. The Morgan fingerprint density at radius 2 is 1.27 bits per heavy atom. The van der Waals surface area contributed by atoms with E-state index in [1.807, 2.05) is 0 Å². The van der Waals surface area contributed by atoms with Crippen molar-refractivity contribution in [3.63, 3.8) is 0 Å². The molecule has 0 atom stereocenters. The maximum absolute atomic E-state index is 12.0. The SMILES string of the molecule is O=C(ON1C(=O)c2ccccc2C1=O)C(=O)c1ccccc1. The van der Waals surface area contributed by atoms with Gasteiger partial charge in [0.2, 0.25) is 0 Å². The molecular formula is C16H9NO5. The number of carbonyl (C=O) groups is 4. The van der Waals surface area contributed by atoms with Crippen molar-refractivity contribution >= 4 is 23.6 Å². The lowest BCUT2D eigenvalue weighted by atomic mass is 10.1. The maximum atomic E-state index is 12.0. The molecule has 2 aromatic carbocycles. The molecule has 3 rings (SSSR count). The van der Waals surface area contributed by atoms with Crippen LogP contribution in [0.5, 0.6) is 0 Å². The molecule has 0 bridgehead atoms. The van der Waals surface area contributed by atoms with Crippen molar-refractivity contribution in [1.82, 2.24) is 5.06 Å². The Hall–Kier alpha value is -3.28. The molecule has 0 saturated heterocycles. The van der Waals surface area contributed by atoms with Gasteiger partial charge in [0.15, 0.2) is 0 Å². The van der Waals surface area contributed by atoms with Crippen molar-refractivity contribution in [1.29, 1.82) is 0 Å². The van der Waals surface area contributed by atoms with Crippen molar-refractivity contribution in [2.24, 2.45) is 0 Å². The lowest BCUT2D eigenvalue weighted by Gasteiger charge is -2.11. The number of benzene rings is 2. The molecule has 0 aliphatic carbocycles. The van der Waals surface area contributed by atoms with Crippen LogP contribution < -0.4 is 0 Å². The molecule has 0 N–H and O–H groups in total. The molecule has 2 aromatic rings. The number of hydrogen-bond donors (Lipinski definition) is 0. The normalized spacial score (nSPS) is 13.0. The molecule has 6 nitrogen and oxygen atoms in total. The first-order valence-corrected chi connectivity index (χ1v) is 6.39. The zero-order valence-electron chi connectivity index (χ0n) is 11.2. The highest BCUT2D eigenvalue weighted by atomic mass is 16.7. The van der Waals surface area contributed by atoms with Gasteiger partial charge in [0, 0.05) is 5.56 Å². The standard InChI is InChI=1S/C16H9NO5/c18-13(10-6-2-1-3-7-10)16(21)22-17-14(19)11-8-4-5-9-12(11)15(17)20/h1-9H. The maximum Gasteiger partial charge on any atom is 0.404 e. The molecule has 22 heavy (non-hydrogen) atoms. The number of amides is 2. The quantitative estimate of drug-likeness (QED) is 0.488. The minimum atomic E-state index is -1.29. The fourth-order valence-corrected chi connectivity index (χ4v) is 2.08. The van der Waals surface area contributed by atoms with Gasteiger partial charge in [-0.25, -0.2) is 4.79 Å². The lowest BCUT2D eigenvalue weighted by Crippen LogP contribution is -2.35. The van der Waals surface area contributed by atoms with Crippen LogP contribution in [-0.4, -0.2) is 28.6 Å². The average Bonchev–Trinajstić information content (AvgIpc) is 2.80. The Morgan fingerprint density at radius 3 is 1.82 bits per heavy atom. The second-order valence-corrected chi connectivity index (χ2v) is 4.52. The fourth-order valence-electron chi connectivity index (χ4n) is 2.08. The third-order valence-corrected chi connectivity index (χ3v) is 3.15. The van der Waals surface area contributed by atoms with Crippen LogP contribution in [0.2, 0.25) is 0 Å². The molecule has 2 amide bonds. The number of nitrogens with zero attached hydrogens (tertiary/aromatic N) is 1. The molecule has 0 unspecified atom stereocenters. The number of carbonyl (C=O) groups excluding carboxylic acids is 4.